The van der Waals surface area contributed by atoms with Gasteiger partial charge in [0.05, 0.1) is 0 Å². The number of nitrogens with zero attached hydrogens (tertiary/aromatic N) is 1. The Morgan fingerprint density at radius 1 is 1.62 bits per heavy atom. The first kappa shape index (κ1) is 9.44. The van der Waals surface area contributed by atoms with Crippen molar-refractivity contribution < 1.29 is 19.1 Å². The number of imide groups is 1. The fourth-order valence-electron chi connectivity index (χ4n) is 0.836. The molecule has 0 aromatic rings. The first-order valence-electron chi connectivity index (χ1n) is 3.79. The number of hydrogen-bond acceptors (Lipinski definition) is 4. The van der Waals surface area contributed by atoms with Crippen LogP contribution in [0, 0.1) is 0 Å². The van der Waals surface area contributed by atoms with Crippen molar-refractivity contribution in [2.45, 2.75) is 6.42 Å². The van der Waals surface area contributed by atoms with Crippen LogP contribution >= 0.6 is 0 Å². The van der Waals surface area contributed by atoms with Gasteiger partial charge in [0.1, 0.15) is 6.61 Å². The first-order valence-corrected chi connectivity index (χ1v) is 3.79. The van der Waals surface area contributed by atoms with E-state index in [0.717, 1.165) is 4.90 Å². The van der Waals surface area contributed by atoms with Crippen molar-refractivity contribution in [2.24, 2.45) is 0 Å². The largest absolute Gasteiger partial charge is 0.454 e. The molecular formula is C8H9NO4. The van der Waals surface area contributed by atoms with Crippen LogP contribution in [0.1, 0.15) is 6.42 Å². The Morgan fingerprint density at radius 2 is 2.31 bits per heavy atom. The Bertz CT molecular complexity index is 271. The van der Waals surface area contributed by atoms with Gasteiger partial charge < -0.3 is 4.74 Å². The van der Waals surface area contributed by atoms with Crippen LogP contribution < -0.4 is 0 Å². The van der Waals surface area contributed by atoms with Gasteiger partial charge in [0.2, 0.25) is 5.91 Å². The molecule has 0 atom stereocenters. The summed E-state index contributed by atoms with van der Waals surface area (Å²) in [6.07, 6.45) is 1.67. The molecule has 1 saturated heterocycles. The number of esters is 1. The minimum atomic E-state index is -1.01. The summed E-state index contributed by atoms with van der Waals surface area (Å²) in [6.45, 7) is 3.60. The van der Waals surface area contributed by atoms with E-state index >= 15 is 0 Å². The summed E-state index contributed by atoms with van der Waals surface area (Å²) in [5, 5.41) is 0. The molecular weight excluding hydrogens is 174 g/mol. The van der Waals surface area contributed by atoms with Gasteiger partial charge in [-0.05, 0) is 0 Å². The molecule has 0 aliphatic carbocycles. The summed E-state index contributed by atoms with van der Waals surface area (Å²) in [5.41, 5.74) is 0. The lowest BCUT2D eigenvalue weighted by Gasteiger charge is -2.26. The second-order valence-electron chi connectivity index (χ2n) is 2.49. The van der Waals surface area contributed by atoms with E-state index in [1.165, 1.54) is 6.08 Å². The minimum Gasteiger partial charge on any atom is -0.454 e. The number of carbonyl (C=O) groups is 3. The molecule has 13 heavy (non-hydrogen) atoms. The molecule has 0 spiro atoms. The maximum absolute atomic E-state index is 11.0. The van der Waals surface area contributed by atoms with Gasteiger partial charge in [-0.15, -0.1) is 0 Å². The lowest BCUT2D eigenvalue weighted by Crippen LogP contribution is -2.50. The van der Waals surface area contributed by atoms with Crippen LogP contribution in [-0.4, -0.2) is 35.8 Å². The van der Waals surface area contributed by atoms with Gasteiger partial charge in [-0.3, -0.25) is 14.5 Å². The van der Waals surface area contributed by atoms with Crippen LogP contribution in [-0.2, 0) is 19.1 Å². The Labute approximate surface area is 75.0 Å². The highest BCUT2D eigenvalue weighted by Gasteiger charge is 2.34. The summed E-state index contributed by atoms with van der Waals surface area (Å²) in [5.74, 6) is -2.23. The number of ether oxygens (including phenoxy) is 1. The molecule has 1 fully saturated rings. The average molecular weight is 183 g/mol. The van der Waals surface area contributed by atoms with Crippen molar-refractivity contribution in [2.75, 3.05) is 13.2 Å². The SMILES string of the molecule is C=CCOC(=O)C(=O)N1CCC1=O. The number of β-lactam (4-membered cyclic amide) rings is 1. The zero-order chi connectivity index (χ0) is 9.84. The molecule has 1 aliphatic rings. The van der Waals surface area contributed by atoms with E-state index in [1.807, 2.05) is 0 Å². The molecule has 0 N–H and O–H groups in total. The van der Waals surface area contributed by atoms with E-state index < -0.39 is 11.9 Å². The van der Waals surface area contributed by atoms with Crippen molar-refractivity contribution >= 4 is 17.8 Å². The third-order valence-electron chi connectivity index (χ3n) is 1.60. The Balaban J connectivity index is 2.42. The van der Waals surface area contributed by atoms with Gasteiger partial charge in [0.25, 0.3) is 0 Å². The molecule has 70 valence electrons. The number of likely N-dealkylation sites (tertiary alicyclic amines) is 1. The molecule has 1 rings (SSSR count). The van der Waals surface area contributed by atoms with Gasteiger partial charge in [-0.1, -0.05) is 12.7 Å². The molecule has 0 radical (unpaired) electrons. The highest BCUT2D eigenvalue weighted by Crippen LogP contribution is 2.08. The smallest absolute Gasteiger partial charge is 0.397 e. The Kier molecular flexibility index (Phi) is 2.79. The summed E-state index contributed by atoms with van der Waals surface area (Å²) in [7, 11) is 0. The van der Waals surface area contributed by atoms with Gasteiger partial charge in [-0.25, -0.2) is 4.79 Å². The molecule has 0 aromatic carbocycles. The molecule has 1 heterocycles. The van der Waals surface area contributed by atoms with Crippen molar-refractivity contribution in [3.8, 4) is 0 Å². The molecule has 5 heteroatoms. The maximum atomic E-state index is 11.0. The highest BCUT2D eigenvalue weighted by molar-refractivity contribution is 6.36. The van der Waals surface area contributed by atoms with Crippen LogP contribution in [0.25, 0.3) is 0 Å². The highest BCUT2D eigenvalue weighted by atomic mass is 16.5. The molecule has 0 saturated carbocycles. The zero-order valence-corrected chi connectivity index (χ0v) is 6.99. The molecule has 0 bridgehead atoms. The summed E-state index contributed by atoms with van der Waals surface area (Å²) >= 11 is 0. The van der Waals surface area contributed by atoms with Crippen LogP contribution in [0.2, 0.25) is 0 Å². The minimum absolute atomic E-state index is 0.0212. The Hall–Kier alpha value is -1.65. The van der Waals surface area contributed by atoms with E-state index in [1.54, 1.807) is 0 Å². The number of rotatable bonds is 2. The van der Waals surface area contributed by atoms with Crippen molar-refractivity contribution in [3.63, 3.8) is 0 Å². The number of carbonyl (C=O) groups excluding carboxylic acids is 3. The fraction of sp³-hybridized carbons (Fsp3) is 0.375. The lowest BCUT2D eigenvalue weighted by atomic mass is 10.2. The summed E-state index contributed by atoms with van der Waals surface area (Å²) in [6, 6.07) is 0. The summed E-state index contributed by atoms with van der Waals surface area (Å²) in [4.78, 5) is 33.5. The standard InChI is InChI=1S/C8H9NO4/c1-2-5-13-8(12)7(11)9-4-3-6(9)10/h2H,1,3-5H2. The maximum Gasteiger partial charge on any atom is 0.397 e. The zero-order valence-electron chi connectivity index (χ0n) is 6.99. The van der Waals surface area contributed by atoms with Gasteiger partial charge in [0.15, 0.2) is 0 Å². The predicted molar refractivity (Wildman–Crippen MR) is 42.5 cm³/mol. The molecule has 1 aliphatic heterocycles. The van der Waals surface area contributed by atoms with Gasteiger partial charge >= 0.3 is 11.9 Å². The second kappa shape index (κ2) is 3.84. The first-order chi connectivity index (χ1) is 6.16. The van der Waals surface area contributed by atoms with Gasteiger partial charge in [0, 0.05) is 13.0 Å². The molecule has 0 aromatic heterocycles. The predicted octanol–water partition coefficient (Wildman–Crippen LogP) is -0.526. The Morgan fingerprint density at radius 3 is 2.69 bits per heavy atom. The van der Waals surface area contributed by atoms with E-state index in [-0.39, 0.29) is 12.5 Å². The van der Waals surface area contributed by atoms with Crippen molar-refractivity contribution in [1.82, 2.24) is 4.90 Å². The number of hydrogen-bond donors (Lipinski definition) is 0. The lowest BCUT2D eigenvalue weighted by molar-refractivity contribution is -0.166. The van der Waals surface area contributed by atoms with Crippen LogP contribution in [0.3, 0.4) is 0 Å². The van der Waals surface area contributed by atoms with E-state index in [2.05, 4.69) is 11.3 Å². The molecule has 5 nitrogen and oxygen atoms in total. The van der Waals surface area contributed by atoms with Crippen LogP contribution in [0.5, 0.6) is 0 Å². The van der Waals surface area contributed by atoms with Crippen molar-refractivity contribution in [1.29, 1.82) is 0 Å². The molecule has 0 unspecified atom stereocenters. The van der Waals surface area contributed by atoms with E-state index in [0.29, 0.717) is 13.0 Å². The van der Waals surface area contributed by atoms with Crippen LogP contribution in [0.15, 0.2) is 12.7 Å². The quantitative estimate of drug-likeness (QED) is 0.250. The third-order valence-corrected chi connectivity index (χ3v) is 1.60. The normalized spacial score (nSPS) is 14.8. The van der Waals surface area contributed by atoms with E-state index in [9.17, 15) is 14.4 Å². The van der Waals surface area contributed by atoms with Crippen LogP contribution in [0.4, 0.5) is 0 Å². The third kappa shape index (κ3) is 1.93. The van der Waals surface area contributed by atoms with E-state index in [4.69, 9.17) is 0 Å². The average Bonchev–Trinajstić information content (AvgIpc) is 2.11. The second-order valence-corrected chi connectivity index (χ2v) is 2.49. The summed E-state index contributed by atoms with van der Waals surface area (Å²) < 4.78 is 4.46. The molecule has 2 amide bonds. The fourth-order valence-corrected chi connectivity index (χ4v) is 0.836. The number of amides is 2. The van der Waals surface area contributed by atoms with Crippen molar-refractivity contribution in [3.05, 3.63) is 12.7 Å². The topological polar surface area (TPSA) is 63.7 Å². The monoisotopic (exact) mass is 183 g/mol. The van der Waals surface area contributed by atoms with Gasteiger partial charge in [-0.2, -0.15) is 0 Å².